The molecular weight excluding hydrogens is 244 g/mol. The van der Waals surface area contributed by atoms with Gasteiger partial charge in [-0.15, -0.1) is 11.6 Å². The zero-order valence-corrected chi connectivity index (χ0v) is 11.4. The number of rotatable bonds is 3. The van der Waals surface area contributed by atoms with E-state index in [4.69, 9.17) is 16.3 Å². The highest BCUT2D eigenvalue weighted by atomic mass is 35.5. The zero-order chi connectivity index (χ0) is 12.7. The van der Waals surface area contributed by atoms with Crippen LogP contribution in [-0.4, -0.2) is 7.11 Å². The van der Waals surface area contributed by atoms with Crippen molar-refractivity contribution in [2.24, 2.45) is 11.8 Å². The topological polar surface area (TPSA) is 9.23 Å². The van der Waals surface area contributed by atoms with Gasteiger partial charge in [0.25, 0.3) is 0 Å². The first-order valence-corrected chi connectivity index (χ1v) is 6.85. The van der Waals surface area contributed by atoms with E-state index in [1.807, 2.05) is 12.1 Å². The number of ether oxygens (including phenoxy) is 1. The van der Waals surface area contributed by atoms with Gasteiger partial charge in [0.15, 0.2) is 0 Å². The summed E-state index contributed by atoms with van der Waals surface area (Å²) in [7, 11) is 1.71. The van der Waals surface area contributed by atoms with E-state index >= 15 is 0 Å². The first kappa shape index (κ1) is 11.9. The smallest absolute Gasteiger partial charge is 0.126 e. The van der Waals surface area contributed by atoms with Gasteiger partial charge in [0.1, 0.15) is 5.75 Å². The van der Waals surface area contributed by atoms with E-state index in [0.29, 0.717) is 5.92 Å². The van der Waals surface area contributed by atoms with Crippen LogP contribution in [0.4, 0.5) is 0 Å². The molecule has 2 aromatic carbocycles. The number of hydrogen-bond donors (Lipinski definition) is 0. The van der Waals surface area contributed by atoms with Crippen LogP contribution in [-0.2, 0) is 0 Å². The van der Waals surface area contributed by atoms with Gasteiger partial charge < -0.3 is 4.74 Å². The van der Waals surface area contributed by atoms with Crippen molar-refractivity contribution < 1.29 is 4.74 Å². The van der Waals surface area contributed by atoms with E-state index in [0.717, 1.165) is 17.1 Å². The van der Waals surface area contributed by atoms with Crippen LogP contribution in [0.5, 0.6) is 5.75 Å². The van der Waals surface area contributed by atoms with Crippen molar-refractivity contribution in [2.75, 3.05) is 7.11 Å². The second kappa shape index (κ2) is 4.47. The number of alkyl halides is 1. The van der Waals surface area contributed by atoms with Crippen molar-refractivity contribution in [3.05, 3.63) is 42.0 Å². The highest BCUT2D eigenvalue weighted by Crippen LogP contribution is 2.51. The Labute approximate surface area is 113 Å². The summed E-state index contributed by atoms with van der Waals surface area (Å²) in [6.45, 7) is 2.27. The van der Waals surface area contributed by atoms with Crippen LogP contribution in [0, 0.1) is 11.8 Å². The third-order valence-corrected chi connectivity index (χ3v) is 4.54. The molecule has 0 heterocycles. The Kier molecular flexibility index (Phi) is 2.95. The fourth-order valence-corrected chi connectivity index (χ4v) is 3.24. The molecule has 18 heavy (non-hydrogen) atoms. The number of benzene rings is 2. The molecule has 1 aliphatic rings. The van der Waals surface area contributed by atoms with E-state index in [2.05, 4.69) is 31.2 Å². The molecule has 0 amide bonds. The maximum Gasteiger partial charge on any atom is 0.126 e. The molecule has 1 nitrogen and oxygen atoms in total. The van der Waals surface area contributed by atoms with Crippen molar-refractivity contribution in [1.29, 1.82) is 0 Å². The van der Waals surface area contributed by atoms with Gasteiger partial charge in [-0.3, -0.25) is 0 Å². The average Bonchev–Trinajstić information content (AvgIpc) is 3.14. The molecule has 0 N–H and O–H groups in total. The maximum absolute atomic E-state index is 6.63. The van der Waals surface area contributed by atoms with Gasteiger partial charge in [0.2, 0.25) is 0 Å². The minimum Gasteiger partial charge on any atom is -0.496 e. The Morgan fingerprint density at radius 1 is 1.17 bits per heavy atom. The summed E-state index contributed by atoms with van der Waals surface area (Å²) in [5.41, 5.74) is 1.24. The van der Waals surface area contributed by atoms with Crippen molar-refractivity contribution in [2.45, 2.75) is 18.7 Å². The van der Waals surface area contributed by atoms with Crippen molar-refractivity contribution >= 4 is 22.4 Å². The standard InChI is InChI=1S/C16H17ClO/c1-10-9-14(10)16(17)13-7-8-15(18-2)12-6-4-3-5-11(12)13/h3-8,10,14,16H,9H2,1-2H3. The molecule has 1 saturated carbocycles. The molecule has 94 valence electrons. The third kappa shape index (κ3) is 1.87. The molecule has 1 fully saturated rings. The molecule has 3 rings (SSSR count). The second-order valence-electron chi connectivity index (χ2n) is 5.18. The van der Waals surface area contributed by atoms with Crippen LogP contribution in [0.25, 0.3) is 10.8 Å². The van der Waals surface area contributed by atoms with Gasteiger partial charge in [-0.1, -0.05) is 37.3 Å². The Bertz CT molecular complexity index is 578. The minimum absolute atomic E-state index is 0.121. The van der Waals surface area contributed by atoms with Gasteiger partial charge >= 0.3 is 0 Å². The normalized spacial score (nSPS) is 23.9. The van der Waals surface area contributed by atoms with Crippen LogP contribution < -0.4 is 4.74 Å². The minimum atomic E-state index is 0.121. The Morgan fingerprint density at radius 2 is 1.83 bits per heavy atom. The molecule has 3 unspecified atom stereocenters. The molecule has 2 heteroatoms. The quantitative estimate of drug-likeness (QED) is 0.722. The van der Waals surface area contributed by atoms with E-state index in [-0.39, 0.29) is 5.38 Å². The molecule has 0 aliphatic heterocycles. The highest BCUT2D eigenvalue weighted by molar-refractivity contribution is 6.22. The zero-order valence-electron chi connectivity index (χ0n) is 10.7. The van der Waals surface area contributed by atoms with Gasteiger partial charge in [0.05, 0.1) is 12.5 Å². The molecule has 1 aliphatic carbocycles. The predicted molar refractivity (Wildman–Crippen MR) is 76.4 cm³/mol. The molecular formula is C16H17ClO. The lowest BCUT2D eigenvalue weighted by molar-refractivity contribution is 0.419. The molecule has 3 atom stereocenters. The van der Waals surface area contributed by atoms with Gasteiger partial charge in [-0.2, -0.15) is 0 Å². The summed E-state index contributed by atoms with van der Waals surface area (Å²) in [6.07, 6.45) is 1.24. The summed E-state index contributed by atoms with van der Waals surface area (Å²) in [5.74, 6) is 2.30. The molecule has 0 radical (unpaired) electrons. The van der Waals surface area contributed by atoms with E-state index < -0.39 is 0 Å². The summed E-state index contributed by atoms with van der Waals surface area (Å²) >= 11 is 6.63. The highest BCUT2D eigenvalue weighted by Gasteiger charge is 2.39. The average molecular weight is 261 g/mol. The Hall–Kier alpha value is -1.21. The SMILES string of the molecule is COc1ccc(C(Cl)C2CC2C)c2ccccc12. The van der Waals surface area contributed by atoms with E-state index in [1.165, 1.54) is 17.4 Å². The van der Waals surface area contributed by atoms with Crippen molar-refractivity contribution in [1.82, 2.24) is 0 Å². The molecule has 0 aromatic heterocycles. The first-order chi connectivity index (χ1) is 8.72. The van der Waals surface area contributed by atoms with Gasteiger partial charge in [-0.05, 0) is 35.3 Å². The summed E-state index contributed by atoms with van der Waals surface area (Å²) in [6, 6.07) is 12.5. The number of methoxy groups -OCH3 is 1. The maximum atomic E-state index is 6.63. The van der Waals surface area contributed by atoms with Gasteiger partial charge in [-0.25, -0.2) is 0 Å². The fourth-order valence-electron chi connectivity index (χ4n) is 2.70. The number of halogens is 1. The lowest BCUT2D eigenvalue weighted by Crippen LogP contribution is -1.97. The van der Waals surface area contributed by atoms with Crippen LogP contribution in [0.1, 0.15) is 24.3 Å². The van der Waals surface area contributed by atoms with Gasteiger partial charge in [0, 0.05) is 5.39 Å². The molecule has 2 aromatic rings. The molecule has 0 bridgehead atoms. The number of fused-ring (bicyclic) bond motifs is 1. The van der Waals surface area contributed by atoms with Crippen LogP contribution >= 0.6 is 11.6 Å². The lowest BCUT2D eigenvalue weighted by Gasteiger charge is -2.14. The van der Waals surface area contributed by atoms with Crippen molar-refractivity contribution in [3.8, 4) is 5.75 Å². The largest absolute Gasteiger partial charge is 0.496 e. The Balaban J connectivity index is 2.12. The predicted octanol–water partition coefficient (Wildman–Crippen LogP) is 4.78. The molecule has 0 saturated heterocycles. The monoisotopic (exact) mass is 260 g/mol. The number of hydrogen-bond acceptors (Lipinski definition) is 1. The van der Waals surface area contributed by atoms with Crippen LogP contribution in [0.3, 0.4) is 0 Å². The van der Waals surface area contributed by atoms with E-state index in [1.54, 1.807) is 7.11 Å². The van der Waals surface area contributed by atoms with E-state index in [9.17, 15) is 0 Å². The molecule has 0 spiro atoms. The van der Waals surface area contributed by atoms with Crippen LogP contribution in [0.2, 0.25) is 0 Å². The Morgan fingerprint density at radius 3 is 2.44 bits per heavy atom. The second-order valence-corrected chi connectivity index (χ2v) is 5.65. The fraction of sp³-hybridized carbons (Fsp3) is 0.375. The van der Waals surface area contributed by atoms with Crippen LogP contribution in [0.15, 0.2) is 36.4 Å². The van der Waals surface area contributed by atoms with Crippen molar-refractivity contribution in [3.63, 3.8) is 0 Å². The lowest BCUT2D eigenvalue weighted by atomic mass is 9.98. The summed E-state index contributed by atoms with van der Waals surface area (Å²) < 4.78 is 5.42. The summed E-state index contributed by atoms with van der Waals surface area (Å²) in [4.78, 5) is 0. The first-order valence-electron chi connectivity index (χ1n) is 6.42. The third-order valence-electron chi connectivity index (χ3n) is 3.98. The summed E-state index contributed by atoms with van der Waals surface area (Å²) in [5, 5.41) is 2.49.